The van der Waals surface area contributed by atoms with Crippen LogP contribution in [0, 0.1) is 11.8 Å². The molecule has 6 saturated heterocycles. The zero-order valence-corrected chi connectivity index (χ0v) is 21.1. The third-order valence-corrected chi connectivity index (χ3v) is 10.5. The quantitative estimate of drug-likeness (QED) is 0.350. The molecule has 11 heteroatoms. The minimum absolute atomic E-state index is 0.0694. The summed E-state index contributed by atoms with van der Waals surface area (Å²) in [5, 5.41) is 0. The van der Waals surface area contributed by atoms with E-state index in [1.54, 1.807) is 0 Å². The van der Waals surface area contributed by atoms with Crippen molar-refractivity contribution in [2.45, 2.75) is 67.2 Å². The van der Waals surface area contributed by atoms with E-state index in [1.807, 2.05) is 14.1 Å². The smallest absolute Gasteiger partial charge is 0.256 e. The third-order valence-electron chi connectivity index (χ3n) is 9.02. The van der Waals surface area contributed by atoms with Crippen LogP contribution in [0.15, 0.2) is 0 Å². The predicted molar refractivity (Wildman–Crippen MR) is 121 cm³/mol. The van der Waals surface area contributed by atoms with Gasteiger partial charge in [-0.05, 0) is 14.1 Å². The van der Waals surface area contributed by atoms with Crippen LogP contribution in [0.5, 0.6) is 0 Å². The van der Waals surface area contributed by atoms with E-state index in [-0.39, 0.29) is 43.0 Å². The highest BCUT2D eigenvalue weighted by Crippen LogP contribution is 2.50. The molecular formula is C22H32F2IN3O5. The number of hydrogen-bond donors (Lipinski definition) is 0. The molecule has 6 aliphatic rings. The molecule has 33 heavy (non-hydrogen) atoms. The van der Waals surface area contributed by atoms with Gasteiger partial charge in [-0.3, -0.25) is 14.6 Å². The van der Waals surface area contributed by atoms with Crippen molar-refractivity contribution in [3.63, 3.8) is 0 Å². The predicted octanol–water partition coefficient (Wildman–Crippen LogP) is 0.816. The van der Waals surface area contributed by atoms with Gasteiger partial charge in [0.15, 0.2) is 0 Å². The van der Waals surface area contributed by atoms with Gasteiger partial charge in [-0.2, -0.15) is 0 Å². The van der Waals surface area contributed by atoms with Crippen LogP contribution >= 0.6 is 22.9 Å². The first-order valence-corrected chi connectivity index (χ1v) is 12.9. The Morgan fingerprint density at radius 2 is 1.55 bits per heavy atom. The van der Waals surface area contributed by atoms with E-state index in [0.29, 0.717) is 39.5 Å². The van der Waals surface area contributed by atoms with Crippen LogP contribution in [-0.4, -0.2) is 127 Å². The molecule has 6 fully saturated rings. The van der Waals surface area contributed by atoms with E-state index in [9.17, 15) is 4.79 Å². The van der Waals surface area contributed by atoms with E-state index in [0.717, 1.165) is 0 Å². The number of fused-ring (bicyclic) bond motifs is 6. The number of carbonyl (C=O) groups excluding carboxylic acids is 1. The monoisotopic (exact) mass is 583 g/mol. The largest absolute Gasteiger partial charge is 0.378 e. The number of Topliss-reactive ketones (excluding diaryl/α,β-unsaturated/α-hetero) is 1. The first kappa shape index (κ1) is 23.4. The Hall–Kier alpha value is -0.0200. The maximum atomic E-state index is 15.9. The number of morpholine rings is 4. The maximum absolute atomic E-state index is 15.9. The van der Waals surface area contributed by atoms with Crippen molar-refractivity contribution in [3.8, 4) is 0 Å². The zero-order chi connectivity index (χ0) is 23.1. The molecular weight excluding hydrogens is 551 g/mol. The van der Waals surface area contributed by atoms with Crippen LogP contribution in [0.4, 0.5) is 8.78 Å². The van der Waals surface area contributed by atoms with Crippen molar-refractivity contribution in [2.24, 2.45) is 11.8 Å². The summed E-state index contributed by atoms with van der Waals surface area (Å²) in [6.45, 7) is 2.51. The second kappa shape index (κ2) is 8.53. The summed E-state index contributed by atoms with van der Waals surface area (Å²) in [5.41, 5.74) is 0. The van der Waals surface area contributed by atoms with Gasteiger partial charge in [-0.1, -0.05) is 0 Å². The molecule has 0 aromatic rings. The number of ether oxygens (including phenoxy) is 4. The molecule has 0 aromatic carbocycles. The molecule has 0 N–H and O–H groups in total. The van der Waals surface area contributed by atoms with Gasteiger partial charge in [0.05, 0.1) is 75.8 Å². The molecule has 0 aromatic heterocycles. The van der Waals surface area contributed by atoms with Crippen LogP contribution < -0.4 is 0 Å². The van der Waals surface area contributed by atoms with E-state index in [4.69, 9.17) is 18.9 Å². The second-order valence-corrected chi connectivity index (χ2v) is 11.7. The maximum Gasteiger partial charge on any atom is 0.256 e. The normalized spacial score (nSPS) is 50.9. The van der Waals surface area contributed by atoms with Crippen molar-refractivity contribution in [1.29, 1.82) is 0 Å². The van der Waals surface area contributed by atoms with E-state index < -0.39 is 42.0 Å². The summed E-state index contributed by atoms with van der Waals surface area (Å²) in [4.78, 5) is 17.4. The van der Waals surface area contributed by atoms with Crippen LogP contribution in [0.1, 0.15) is 12.8 Å². The minimum Gasteiger partial charge on any atom is -0.378 e. The number of carbonyl (C=O) groups is 1. The Labute approximate surface area is 206 Å². The lowest BCUT2D eigenvalue weighted by atomic mass is 9.70. The Kier molecular flexibility index (Phi) is 6.05. The first-order chi connectivity index (χ1) is 15.8. The second-order valence-electron chi connectivity index (χ2n) is 10.6. The van der Waals surface area contributed by atoms with Crippen molar-refractivity contribution in [1.82, 2.24) is 12.9 Å². The number of piperidine rings is 2. The number of alkyl halides is 2. The zero-order valence-electron chi connectivity index (χ0n) is 18.9. The lowest BCUT2D eigenvalue weighted by Gasteiger charge is -2.60. The Morgan fingerprint density at radius 3 is 2.33 bits per heavy atom. The van der Waals surface area contributed by atoms with Crippen LogP contribution in [-0.2, 0) is 23.7 Å². The third kappa shape index (κ3) is 3.63. The molecule has 10 unspecified atom stereocenters. The Balaban J connectivity index is 1.27. The SMILES string of the molecule is CN1C2COCC1C(C1OCC3C(C4OCC5COCC4N5I)C(F)(F)CC1N3C)C(=O)C2. The summed E-state index contributed by atoms with van der Waals surface area (Å²) in [6, 6.07) is -1.16. The van der Waals surface area contributed by atoms with Crippen molar-refractivity contribution in [2.75, 3.05) is 53.7 Å². The number of ketones is 1. The van der Waals surface area contributed by atoms with Gasteiger partial charge in [0, 0.05) is 59.9 Å². The van der Waals surface area contributed by atoms with Gasteiger partial charge >= 0.3 is 0 Å². The van der Waals surface area contributed by atoms with Crippen molar-refractivity contribution in [3.05, 3.63) is 0 Å². The summed E-state index contributed by atoms with van der Waals surface area (Å²) >= 11 is 2.24. The van der Waals surface area contributed by atoms with Crippen molar-refractivity contribution >= 4 is 28.6 Å². The molecule has 0 spiro atoms. The average Bonchev–Trinajstić information content (AvgIpc) is 2.73. The van der Waals surface area contributed by atoms with Gasteiger partial charge in [-0.25, -0.2) is 11.9 Å². The molecule has 10 atom stereocenters. The number of halogens is 3. The highest BCUT2D eigenvalue weighted by atomic mass is 127. The van der Waals surface area contributed by atoms with Gasteiger partial charge in [-0.15, -0.1) is 0 Å². The molecule has 8 nitrogen and oxygen atoms in total. The lowest BCUT2D eigenvalue weighted by Crippen LogP contribution is -2.74. The lowest BCUT2D eigenvalue weighted by molar-refractivity contribution is -0.269. The fraction of sp³-hybridized carbons (Fsp3) is 0.955. The van der Waals surface area contributed by atoms with Gasteiger partial charge in [0.25, 0.3) is 5.92 Å². The molecule has 6 aliphatic heterocycles. The van der Waals surface area contributed by atoms with Gasteiger partial charge in [0.2, 0.25) is 0 Å². The van der Waals surface area contributed by atoms with Crippen LogP contribution in [0.3, 0.4) is 0 Å². The van der Waals surface area contributed by atoms with Crippen LogP contribution in [0.25, 0.3) is 0 Å². The van der Waals surface area contributed by atoms with Gasteiger partial charge < -0.3 is 18.9 Å². The topological polar surface area (TPSA) is 63.7 Å². The minimum atomic E-state index is -2.93. The first-order valence-electron chi connectivity index (χ1n) is 11.9. The fourth-order valence-corrected chi connectivity index (χ4v) is 7.98. The molecule has 6 rings (SSSR count). The van der Waals surface area contributed by atoms with Crippen molar-refractivity contribution < 1.29 is 32.5 Å². The molecule has 186 valence electrons. The summed E-state index contributed by atoms with van der Waals surface area (Å²) in [6.07, 6.45) is -1.13. The Morgan fingerprint density at radius 1 is 0.848 bits per heavy atom. The number of likely N-dealkylation sites (N-methyl/N-ethyl adjacent to an activating group) is 2. The summed E-state index contributed by atoms with van der Waals surface area (Å²) in [7, 11) is 3.92. The molecule has 0 aliphatic carbocycles. The highest BCUT2D eigenvalue weighted by molar-refractivity contribution is 14.1. The van der Waals surface area contributed by atoms with E-state index >= 15 is 8.78 Å². The molecule has 6 bridgehead atoms. The summed E-state index contributed by atoms with van der Waals surface area (Å²) < 4.78 is 57.9. The number of nitrogens with zero attached hydrogens (tertiary/aromatic N) is 3. The molecule has 0 amide bonds. The average molecular weight is 583 g/mol. The number of hydrogen-bond acceptors (Lipinski definition) is 8. The van der Waals surface area contributed by atoms with E-state index in [2.05, 4.69) is 35.8 Å². The van der Waals surface area contributed by atoms with Gasteiger partial charge in [0.1, 0.15) is 5.78 Å². The molecule has 0 radical (unpaired) electrons. The van der Waals surface area contributed by atoms with Crippen LogP contribution in [0.2, 0.25) is 0 Å². The number of rotatable bonds is 2. The summed E-state index contributed by atoms with van der Waals surface area (Å²) in [5.74, 6) is -4.24. The standard InChI is InChI=1S/C22H32F2IN3O5/c1-26-11-3-17(29)18(14(26)8-30-5-11)20-13-4-22(23,24)19(15(10-33-20)27(13)2)21-16-9-31-6-12(7-32-21)28(16)25/h11-16,18-21H,3-10H2,1-2H3. The molecule has 6 heterocycles. The fourth-order valence-electron chi connectivity index (χ4n) is 7.18. The highest BCUT2D eigenvalue weighted by Gasteiger charge is 2.64. The molecule has 0 saturated carbocycles. The Bertz CT molecular complexity index is 795. The van der Waals surface area contributed by atoms with E-state index in [1.165, 1.54) is 0 Å².